The molecule has 5 nitrogen and oxygen atoms in total. The minimum atomic E-state index is -3.12. The summed E-state index contributed by atoms with van der Waals surface area (Å²) in [4.78, 5) is 2.36. The second-order valence-corrected chi connectivity index (χ2v) is 6.98. The maximum Gasteiger partial charge on any atom is 0.215 e. The van der Waals surface area contributed by atoms with Gasteiger partial charge in [-0.3, -0.25) is 4.90 Å². The molecule has 0 amide bonds. The Morgan fingerprint density at radius 1 is 1.41 bits per heavy atom. The van der Waals surface area contributed by atoms with Gasteiger partial charge in [-0.25, -0.2) is 13.1 Å². The molecule has 2 rings (SSSR count). The van der Waals surface area contributed by atoms with E-state index in [0.717, 1.165) is 32.5 Å². The molecule has 17 heavy (non-hydrogen) atoms. The number of sulfonamides is 1. The Morgan fingerprint density at radius 2 is 2.24 bits per heavy atom. The zero-order chi connectivity index (χ0) is 12.3. The Bertz CT molecular complexity index is 339. The summed E-state index contributed by atoms with van der Waals surface area (Å²) in [7, 11) is -3.12. The van der Waals surface area contributed by atoms with E-state index in [2.05, 4.69) is 21.9 Å². The van der Waals surface area contributed by atoms with Crippen molar-refractivity contribution in [3.8, 4) is 0 Å². The maximum atomic E-state index is 12.0. The van der Waals surface area contributed by atoms with Crippen LogP contribution in [0.1, 0.15) is 26.2 Å². The van der Waals surface area contributed by atoms with Gasteiger partial charge in [0.05, 0.1) is 5.25 Å². The molecule has 0 saturated carbocycles. The van der Waals surface area contributed by atoms with Crippen LogP contribution in [0.5, 0.6) is 0 Å². The molecule has 2 aliphatic rings. The van der Waals surface area contributed by atoms with E-state index in [4.69, 9.17) is 0 Å². The van der Waals surface area contributed by atoms with Crippen molar-refractivity contribution >= 4 is 10.0 Å². The van der Waals surface area contributed by atoms with Gasteiger partial charge < -0.3 is 5.32 Å². The van der Waals surface area contributed by atoms with Crippen LogP contribution in [0.4, 0.5) is 0 Å². The molecule has 2 heterocycles. The van der Waals surface area contributed by atoms with E-state index >= 15 is 0 Å². The van der Waals surface area contributed by atoms with Crippen molar-refractivity contribution in [2.24, 2.45) is 0 Å². The Hall–Kier alpha value is -0.170. The molecule has 0 aromatic rings. The lowest BCUT2D eigenvalue weighted by Crippen LogP contribution is -2.43. The highest BCUT2D eigenvalue weighted by atomic mass is 32.2. The maximum absolute atomic E-state index is 12.0. The minimum absolute atomic E-state index is 0.237. The number of rotatable bonds is 5. The summed E-state index contributed by atoms with van der Waals surface area (Å²) in [6.45, 7) is 6.24. The second-order valence-electron chi connectivity index (χ2n) is 4.93. The zero-order valence-corrected chi connectivity index (χ0v) is 11.3. The fraction of sp³-hybridized carbons (Fsp3) is 1.00. The van der Waals surface area contributed by atoms with Gasteiger partial charge in [-0.15, -0.1) is 0 Å². The van der Waals surface area contributed by atoms with Gasteiger partial charge in [0.2, 0.25) is 10.0 Å². The second kappa shape index (κ2) is 5.65. The van der Waals surface area contributed by atoms with Gasteiger partial charge >= 0.3 is 0 Å². The molecule has 2 unspecified atom stereocenters. The molecule has 6 heteroatoms. The zero-order valence-electron chi connectivity index (χ0n) is 10.5. The summed E-state index contributed by atoms with van der Waals surface area (Å²) < 4.78 is 26.8. The molecule has 0 bridgehead atoms. The van der Waals surface area contributed by atoms with Crippen molar-refractivity contribution in [1.82, 2.24) is 14.9 Å². The molecular weight excluding hydrogens is 238 g/mol. The number of nitrogens with one attached hydrogen (secondary N) is 2. The molecule has 2 aliphatic heterocycles. The van der Waals surface area contributed by atoms with Crippen molar-refractivity contribution in [1.29, 1.82) is 0 Å². The Morgan fingerprint density at radius 3 is 2.88 bits per heavy atom. The van der Waals surface area contributed by atoms with Crippen LogP contribution in [0, 0.1) is 0 Å². The van der Waals surface area contributed by atoms with E-state index < -0.39 is 10.0 Å². The van der Waals surface area contributed by atoms with Gasteiger partial charge in [0, 0.05) is 19.1 Å². The lowest BCUT2D eigenvalue weighted by molar-refractivity contribution is 0.268. The first-order chi connectivity index (χ1) is 8.13. The predicted molar refractivity (Wildman–Crippen MR) is 68.5 cm³/mol. The molecule has 0 aliphatic carbocycles. The van der Waals surface area contributed by atoms with E-state index in [9.17, 15) is 8.42 Å². The van der Waals surface area contributed by atoms with Crippen LogP contribution in [0.15, 0.2) is 0 Å². The normalized spacial score (nSPS) is 31.1. The van der Waals surface area contributed by atoms with Crippen molar-refractivity contribution in [3.05, 3.63) is 0 Å². The molecule has 2 saturated heterocycles. The molecular formula is C11H23N3O2S. The first-order valence-electron chi connectivity index (χ1n) is 6.56. The highest BCUT2D eigenvalue weighted by Crippen LogP contribution is 2.16. The first-order valence-corrected chi connectivity index (χ1v) is 8.11. The largest absolute Gasteiger partial charge is 0.315 e. The van der Waals surface area contributed by atoms with E-state index in [0.29, 0.717) is 19.1 Å². The number of nitrogens with zero attached hydrogens (tertiary/aromatic N) is 1. The first kappa shape index (κ1) is 13.3. The summed E-state index contributed by atoms with van der Waals surface area (Å²) in [6.07, 6.45) is 3.03. The SMILES string of the molecule is CCN1CCCC1CNS(=O)(=O)C1CCNC1. The van der Waals surface area contributed by atoms with Crippen molar-refractivity contribution in [2.75, 3.05) is 32.7 Å². The predicted octanol–water partition coefficient (Wildman–Crippen LogP) is -0.248. The Kier molecular flexibility index (Phi) is 4.41. The smallest absolute Gasteiger partial charge is 0.215 e. The topological polar surface area (TPSA) is 61.4 Å². The van der Waals surface area contributed by atoms with Crippen LogP contribution in [-0.4, -0.2) is 57.3 Å². The van der Waals surface area contributed by atoms with Gasteiger partial charge in [0.25, 0.3) is 0 Å². The van der Waals surface area contributed by atoms with Crippen LogP contribution in [0.2, 0.25) is 0 Å². The van der Waals surface area contributed by atoms with Gasteiger partial charge in [-0.05, 0) is 38.9 Å². The quantitative estimate of drug-likeness (QED) is 0.716. The van der Waals surface area contributed by atoms with Gasteiger partial charge in [0.1, 0.15) is 0 Å². The number of hydrogen-bond acceptors (Lipinski definition) is 4. The van der Waals surface area contributed by atoms with Gasteiger partial charge in [-0.1, -0.05) is 6.92 Å². The van der Waals surface area contributed by atoms with Gasteiger partial charge in [-0.2, -0.15) is 0 Å². The molecule has 2 fully saturated rings. The monoisotopic (exact) mass is 261 g/mol. The number of likely N-dealkylation sites (tertiary alicyclic amines) is 1. The summed E-state index contributed by atoms with van der Waals surface area (Å²) in [6, 6.07) is 0.393. The summed E-state index contributed by atoms with van der Waals surface area (Å²) in [5.41, 5.74) is 0. The summed E-state index contributed by atoms with van der Waals surface area (Å²) in [5, 5.41) is 2.86. The number of hydrogen-bond donors (Lipinski definition) is 2. The van der Waals surface area contributed by atoms with Crippen LogP contribution in [-0.2, 0) is 10.0 Å². The molecule has 0 radical (unpaired) electrons. The molecule has 100 valence electrons. The van der Waals surface area contributed by atoms with E-state index in [1.54, 1.807) is 0 Å². The summed E-state index contributed by atoms with van der Waals surface area (Å²) in [5.74, 6) is 0. The lowest BCUT2D eigenvalue weighted by Gasteiger charge is -2.23. The fourth-order valence-electron chi connectivity index (χ4n) is 2.77. The van der Waals surface area contributed by atoms with E-state index in [1.165, 1.54) is 6.42 Å². The molecule has 2 atom stereocenters. The van der Waals surface area contributed by atoms with Crippen LogP contribution < -0.4 is 10.0 Å². The van der Waals surface area contributed by atoms with E-state index in [-0.39, 0.29) is 5.25 Å². The third-order valence-corrected chi connectivity index (χ3v) is 5.73. The average Bonchev–Trinajstić information content (AvgIpc) is 2.97. The minimum Gasteiger partial charge on any atom is -0.315 e. The Labute approximate surface area is 104 Å². The van der Waals surface area contributed by atoms with Crippen molar-refractivity contribution in [3.63, 3.8) is 0 Å². The molecule has 2 N–H and O–H groups in total. The Balaban J connectivity index is 1.84. The van der Waals surface area contributed by atoms with E-state index in [1.807, 2.05) is 0 Å². The third kappa shape index (κ3) is 3.19. The van der Waals surface area contributed by atoms with Crippen molar-refractivity contribution in [2.45, 2.75) is 37.5 Å². The standard InChI is InChI=1S/C11H23N3O2S/c1-2-14-7-3-4-10(14)8-13-17(15,16)11-5-6-12-9-11/h10-13H,2-9H2,1H3. The average molecular weight is 261 g/mol. The molecule has 0 aromatic carbocycles. The fourth-order valence-corrected chi connectivity index (χ4v) is 4.19. The molecule has 0 aromatic heterocycles. The number of likely N-dealkylation sites (N-methyl/N-ethyl adjacent to an activating group) is 1. The highest BCUT2D eigenvalue weighted by Gasteiger charge is 2.30. The van der Waals surface area contributed by atoms with Crippen molar-refractivity contribution < 1.29 is 8.42 Å². The van der Waals surface area contributed by atoms with Crippen LogP contribution >= 0.6 is 0 Å². The van der Waals surface area contributed by atoms with Gasteiger partial charge in [0.15, 0.2) is 0 Å². The van der Waals surface area contributed by atoms with Crippen LogP contribution in [0.25, 0.3) is 0 Å². The lowest BCUT2D eigenvalue weighted by atomic mass is 10.2. The third-order valence-electron chi connectivity index (χ3n) is 3.88. The van der Waals surface area contributed by atoms with Crippen LogP contribution in [0.3, 0.4) is 0 Å². The molecule has 0 spiro atoms. The summed E-state index contributed by atoms with van der Waals surface area (Å²) >= 11 is 0. The highest BCUT2D eigenvalue weighted by molar-refractivity contribution is 7.90.